The van der Waals surface area contributed by atoms with Gasteiger partial charge in [-0.05, 0) is 51.9 Å². The molecular formula is C24H46O2. The van der Waals surface area contributed by atoms with Crippen LogP contribution in [0.1, 0.15) is 118 Å². The molecule has 0 heterocycles. The first-order valence-corrected chi connectivity index (χ1v) is 11.3. The quantitative estimate of drug-likeness (QED) is 0.149. The van der Waals surface area contributed by atoms with Crippen LogP contribution in [-0.2, 0) is 9.53 Å². The van der Waals surface area contributed by atoms with E-state index in [4.69, 9.17) is 4.74 Å². The van der Waals surface area contributed by atoms with Gasteiger partial charge in [0.15, 0.2) is 0 Å². The zero-order chi connectivity index (χ0) is 19.6. The maximum absolute atomic E-state index is 12.1. The fourth-order valence-corrected chi connectivity index (χ4v) is 3.30. The molecule has 0 saturated heterocycles. The van der Waals surface area contributed by atoms with Crippen molar-refractivity contribution in [3.63, 3.8) is 0 Å². The first kappa shape index (κ1) is 25.2. The number of hydrogen-bond donors (Lipinski definition) is 0. The highest BCUT2D eigenvalue weighted by Gasteiger charge is 2.23. The average Bonchev–Trinajstić information content (AvgIpc) is 2.57. The molecule has 0 amide bonds. The normalized spacial score (nSPS) is 13.0. The van der Waals surface area contributed by atoms with Crippen LogP contribution in [-0.4, -0.2) is 12.1 Å². The van der Waals surface area contributed by atoms with Gasteiger partial charge < -0.3 is 4.74 Å². The van der Waals surface area contributed by atoms with Gasteiger partial charge >= 0.3 is 5.97 Å². The standard InChI is InChI=1S/C24H46O2/c1-6-7-8-9-10-11-12-13-14-15-16-17-18-19-20-23(21(2)3)24(25)26-22(4)5/h13-14,21-23H,6-12,15-20H2,1-5H3/b14-13-. The average molecular weight is 367 g/mol. The summed E-state index contributed by atoms with van der Waals surface area (Å²) in [6.07, 6.45) is 21.3. The molecule has 0 aromatic heterocycles. The van der Waals surface area contributed by atoms with Crippen molar-refractivity contribution in [2.75, 3.05) is 0 Å². The van der Waals surface area contributed by atoms with Gasteiger partial charge in [0, 0.05) is 0 Å². The van der Waals surface area contributed by atoms with Crippen LogP contribution < -0.4 is 0 Å². The molecule has 2 nitrogen and oxygen atoms in total. The van der Waals surface area contributed by atoms with Gasteiger partial charge in [-0.3, -0.25) is 4.79 Å². The number of esters is 1. The molecule has 1 atom stereocenters. The number of hydrogen-bond acceptors (Lipinski definition) is 2. The van der Waals surface area contributed by atoms with E-state index in [9.17, 15) is 4.79 Å². The first-order chi connectivity index (χ1) is 12.5. The topological polar surface area (TPSA) is 26.3 Å². The minimum absolute atomic E-state index is 0.00683. The van der Waals surface area contributed by atoms with Crippen molar-refractivity contribution in [3.8, 4) is 0 Å². The van der Waals surface area contributed by atoms with Crippen molar-refractivity contribution in [2.45, 2.75) is 124 Å². The maximum Gasteiger partial charge on any atom is 0.309 e. The smallest absolute Gasteiger partial charge is 0.309 e. The molecule has 0 bridgehead atoms. The summed E-state index contributed by atoms with van der Waals surface area (Å²) < 4.78 is 5.40. The number of carbonyl (C=O) groups excluding carboxylic acids is 1. The van der Waals surface area contributed by atoms with E-state index in [2.05, 4.69) is 32.9 Å². The van der Waals surface area contributed by atoms with E-state index in [1.165, 1.54) is 70.6 Å². The Morgan fingerprint density at radius 2 is 1.27 bits per heavy atom. The number of rotatable bonds is 17. The molecule has 1 unspecified atom stereocenters. The molecule has 0 fully saturated rings. The van der Waals surface area contributed by atoms with E-state index >= 15 is 0 Å². The summed E-state index contributed by atoms with van der Waals surface area (Å²) in [6.45, 7) is 10.4. The summed E-state index contributed by atoms with van der Waals surface area (Å²) in [5, 5.41) is 0. The lowest BCUT2D eigenvalue weighted by Gasteiger charge is -2.20. The Kier molecular flexibility index (Phi) is 17.1. The molecule has 0 aliphatic carbocycles. The molecule has 0 aliphatic heterocycles. The van der Waals surface area contributed by atoms with Crippen LogP contribution in [0, 0.1) is 11.8 Å². The Bertz CT molecular complexity index is 344. The third kappa shape index (κ3) is 15.5. The maximum atomic E-state index is 12.1. The summed E-state index contributed by atoms with van der Waals surface area (Å²) in [5.74, 6) is 0.424. The minimum atomic E-state index is -0.00752. The van der Waals surface area contributed by atoms with E-state index in [1.807, 2.05) is 13.8 Å². The van der Waals surface area contributed by atoms with Gasteiger partial charge in [0.1, 0.15) is 0 Å². The van der Waals surface area contributed by atoms with Gasteiger partial charge in [-0.15, -0.1) is 0 Å². The largest absolute Gasteiger partial charge is 0.463 e. The summed E-state index contributed by atoms with van der Waals surface area (Å²) in [7, 11) is 0. The number of carbonyl (C=O) groups is 1. The van der Waals surface area contributed by atoms with E-state index < -0.39 is 0 Å². The predicted octanol–water partition coefficient (Wildman–Crippen LogP) is 7.86. The third-order valence-electron chi connectivity index (χ3n) is 4.99. The highest BCUT2D eigenvalue weighted by Crippen LogP contribution is 2.21. The summed E-state index contributed by atoms with van der Waals surface area (Å²) >= 11 is 0. The second-order valence-corrected chi connectivity index (χ2v) is 8.36. The lowest BCUT2D eigenvalue weighted by Crippen LogP contribution is -2.25. The Labute approximate surface area is 164 Å². The molecule has 0 aliphatic rings. The number of ether oxygens (including phenoxy) is 1. The number of unbranched alkanes of at least 4 members (excludes halogenated alkanes) is 10. The zero-order valence-electron chi connectivity index (χ0n) is 18.4. The van der Waals surface area contributed by atoms with E-state index in [0.717, 1.165) is 12.8 Å². The highest BCUT2D eigenvalue weighted by atomic mass is 16.5. The van der Waals surface area contributed by atoms with Crippen LogP contribution in [0.5, 0.6) is 0 Å². The van der Waals surface area contributed by atoms with Crippen molar-refractivity contribution in [2.24, 2.45) is 11.8 Å². The van der Waals surface area contributed by atoms with Gasteiger partial charge in [0.2, 0.25) is 0 Å². The molecule has 0 radical (unpaired) electrons. The molecule has 0 rings (SSSR count). The Morgan fingerprint density at radius 1 is 0.769 bits per heavy atom. The van der Waals surface area contributed by atoms with E-state index in [0.29, 0.717) is 5.92 Å². The SMILES string of the molecule is CCCCCCCC/C=C\CCCCCCC(C(=O)OC(C)C)C(C)C. The van der Waals surface area contributed by atoms with E-state index in [-0.39, 0.29) is 18.0 Å². The molecule has 26 heavy (non-hydrogen) atoms. The molecule has 2 heteroatoms. The van der Waals surface area contributed by atoms with Gasteiger partial charge in [-0.1, -0.05) is 84.3 Å². The van der Waals surface area contributed by atoms with Crippen LogP contribution in [0.25, 0.3) is 0 Å². The predicted molar refractivity (Wildman–Crippen MR) is 114 cm³/mol. The Hall–Kier alpha value is -0.790. The van der Waals surface area contributed by atoms with Gasteiger partial charge in [-0.2, -0.15) is 0 Å². The zero-order valence-corrected chi connectivity index (χ0v) is 18.4. The summed E-state index contributed by atoms with van der Waals surface area (Å²) in [5.41, 5.74) is 0. The van der Waals surface area contributed by atoms with Crippen LogP contribution in [0.3, 0.4) is 0 Å². The van der Waals surface area contributed by atoms with Crippen LogP contribution in [0.4, 0.5) is 0 Å². The van der Waals surface area contributed by atoms with Crippen molar-refractivity contribution in [1.82, 2.24) is 0 Å². The van der Waals surface area contributed by atoms with Gasteiger partial charge in [0.25, 0.3) is 0 Å². The van der Waals surface area contributed by atoms with Crippen molar-refractivity contribution >= 4 is 5.97 Å². The molecule has 154 valence electrons. The summed E-state index contributed by atoms with van der Waals surface area (Å²) in [6, 6.07) is 0. The molecule has 0 aromatic rings. The van der Waals surface area contributed by atoms with Crippen molar-refractivity contribution in [1.29, 1.82) is 0 Å². The van der Waals surface area contributed by atoms with Crippen molar-refractivity contribution in [3.05, 3.63) is 12.2 Å². The second kappa shape index (κ2) is 17.6. The molecular weight excluding hydrogens is 320 g/mol. The summed E-state index contributed by atoms with van der Waals surface area (Å²) in [4.78, 5) is 12.1. The third-order valence-corrected chi connectivity index (χ3v) is 4.99. The molecule has 0 spiro atoms. The fourth-order valence-electron chi connectivity index (χ4n) is 3.30. The highest BCUT2D eigenvalue weighted by molar-refractivity contribution is 5.72. The first-order valence-electron chi connectivity index (χ1n) is 11.3. The molecule has 0 saturated carbocycles. The van der Waals surface area contributed by atoms with Crippen LogP contribution >= 0.6 is 0 Å². The lowest BCUT2D eigenvalue weighted by atomic mass is 9.90. The number of allylic oxidation sites excluding steroid dienone is 2. The van der Waals surface area contributed by atoms with Crippen LogP contribution in [0.15, 0.2) is 12.2 Å². The lowest BCUT2D eigenvalue weighted by molar-refractivity contribution is -0.154. The van der Waals surface area contributed by atoms with Crippen molar-refractivity contribution < 1.29 is 9.53 Å². The minimum Gasteiger partial charge on any atom is -0.463 e. The Morgan fingerprint density at radius 3 is 1.77 bits per heavy atom. The second-order valence-electron chi connectivity index (χ2n) is 8.36. The molecule has 0 N–H and O–H groups in total. The monoisotopic (exact) mass is 366 g/mol. The van der Waals surface area contributed by atoms with E-state index in [1.54, 1.807) is 0 Å². The Balaban J connectivity index is 3.58. The van der Waals surface area contributed by atoms with Crippen LogP contribution in [0.2, 0.25) is 0 Å². The van der Waals surface area contributed by atoms with Gasteiger partial charge in [0.05, 0.1) is 12.0 Å². The van der Waals surface area contributed by atoms with Gasteiger partial charge in [-0.25, -0.2) is 0 Å². The molecule has 0 aromatic carbocycles. The fraction of sp³-hybridized carbons (Fsp3) is 0.875.